The van der Waals surface area contributed by atoms with E-state index in [1.165, 1.54) is 19.8 Å². The molecule has 0 aliphatic rings. The van der Waals surface area contributed by atoms with Gasteiger partial charge in [0.05, 0.1) is 19.9 Å². The molecule has 0 unspecified atom stereocenters. The standard InChI is InChI=1S/C25H26N4O4/c1-16-5-7-19(17(2)13-16)20-15-21-25(31)28(11-12-29(21)27-20)10-9-26-24(30)18-6-8-22(32-3)23(14-18)33-4/h5-8,11-15H,9-10H2,1-4H3,(H,26,30). The van der Waals surface area contributed by atoms with Crippen LogP contribution in [0, 0.1) is 13.8 Å². The van der Waals surface area contributed by atoms with Crippen molar-refractivity contribution in [2.45, 2.75) is 20.4 Å². The Hall–Kier alpha value is -4.07. The SMILES string of the molecule is COc1ccc(C(=O)NCCn2ccn3nc(-c4ccc(C)cc4C)cc3c2=O)cc1OC. The van der Waals surface area contributed by atoms with Gasteiger partial charge in [-0.3, -0.25) is 9.59 Å². The van der Waals surface area contributed by atoms with Crippen molar-refractivity contribution in [3.8, 4) is 22.8 Å². The van der Waals surface area contributed by atoms with Crippen LogP contribution in [0.25, 0.3) is 16.8 Å². The summed E-state index contributed by atoms with van der Waals surface area (Å²) in [5.41, 5.74) is 4.81. The highest BCUT2D eigenvalue weighted by molar-refractivity contribution is 5.94. The molecule has 2 heterocycles. The van der Waals surface area contributed by atoms with Crippen molar-refractivity contribution in [3.05, 3.63) is 81.9 Å². The Morgan fingerprint density at radius 2 is 1.79 bits per heavy atom. The maximum absolute atomic E-state index is 13.0. The average Bonchev–Trinajstić information content (AvgIpc) is 3.24. The van der Waals surface area contributed by atoms with Crippen molar-refractivity contribution in [3.63, 3.8) is 0 Å². The van der Waals surface area contributed by atoms with Gasteiger partial charge in [-0.05, 0) is 43.7 Å². The minimum Gasteiger partial charge on any atom is -0.493 e. The van der Waals surface area contributed by atoms with Crippen molar-refractivity contribution in [2.24, 2.45) is 0 Å². The number of nitrogens with zero attached hydrogens (tertiary/aromatic N) is 3. The molecule has 0 spiro atoms. The normalized spacial score (nSPS) is 10.9. The zero-order valence-electron chi connectivity index (χ0n) is 19.1. The van der Waals surface area contributed by atoms with Gasteiger partial charge >= 0.3 is 0 Å². The summed E-state index contributed by atoms with van der Waals surface area (Å²) in [5, 5.41) is 7.40. The number of fused-ring (bicyclic) bond motifs is 1. The maximum Gasteiger partial charge on any atom is 0.276 e. The number of carbonyl (C=O) groups is 1. The lowest BCUT2D eigenvalue weighted by Gasteiger charge is -2.10. The molecule has 0 aliphatic carbocycles. The number of carbonyl (C=O) groups excluding carboxylic acids is 1. The molecule has 1 N–H and O–H groups in total. The van der Waals surface area contributed by atoms with Crippen molar-refractivity contribution < 1.29 is 14.3 Å². The van der Waals surface area contributed by atoms with Crippen LogP contribution in [0.5, 0.6) is 11.5 Å². The predicted octanol–water partition coefficient (Wildman–Crippen LogP) is 3.23. The van der Waals surface area contributed by atoms with E-state index in [1.807, 2.05) is 26.0 Å². The van der Waals surface area contributed by atoms with Crippen LogP contribution < -0.4 is 20.3 Å². The fraction of sp³-hybridized carbons (Fsp3) is 0.240. The smallest absolute Gasteiger partial charge is 0.276 e. The third-order valence-electron chi connectivity index (χ3n) is 5.55. The van der Waals surface area contributed by atoms with Gasteiger partial charge in [0, 0.05) is 36.6 Å². The van der Waals surface area contributed by atoms with E-state index >= 15 is 0 Å². The molecule has 0 saturated heterocycles. The van der Waals surface area contributed by atoms with Crippen LogP contribution in [0.4, 0.5) is 0 Å². The Labute approximate surface area is 191 Å². The summed E-state index contributed by atoms with van der Waals surface area (Å²) in [6.45, 7) is 4.70. The van der Waals surface area contributed by atoms with Gasteiger partial charge in [0.25, 0.3) is 11.5 Å². The first-order valence-electron chi connectivity index (χ1n) is 10.6. The summed E-state index contributed by atoms with van der Waals surface area (Å²) in [7, 11) is 3.06. The van der Waals surface area contributed by atoms with E-state index in [-0.39, 0.29) is 11.5 Å². The molecule has 33 heavy (non-hydrogen) atoms. The lowest BCUT2D eigenvalue weighted by atomic mass is 10.0. The first-order valence-corrected chi connectivity index (χ1v) is 10.6. The molecule has 0 saturated carbocycles. The molecule has 4 rings (SSSR count). The van der Waals surface area contributed by atoms with E-state index in [0.717, 1.165) is 16.8 Å². The Kier molecular flexibility index (Phi) is 6.17. The summed E-state index contributed by atoms with van der Waals surface area (Å²) in [4.78, 5) is 25.5. The number of amides is 1. The number of nitrogens with one attached hydrogen (secondary N) is 1. The molecule has 0 atom stereocenters. The summed E-state index contributed by atoms with van der Waals surface area (Å²) in [6, 6.07) is 12.9. The number of aryl methyl sites for hydroxylation is 2. The minimum atomic E-state index is -0.258. The van der Waals surface area contributed by atoms with E-state index in [9.17, 15) is 9.59 Å². The van der Waals surface area contributed by atoms with Gasteiger partial charge in [0.1, 0.15) is 5.52 Å². The zero-order chi connectivity index (χ0) is 23.5. The Bertz CT molecular complexity index is 1390. The highest BCUT2D eigenvalue weighted by Gasteiger charge is 2.13. The molecular formula is C25H26N4O4. The molecule has 2 aromatic carbocycles. The quantitative estimate of drug-likeness (QED) is 0.471. The Balaban J connectivity index is 1.49. The topological polar surface area (TPSA) is 86.9 Å². The number of rotatable bonds is 7. The number of methoxy groups -OCH3 is 2. The first kappa shape index (κ1) is 22.1. The fourth-order valence-corrected chi connectivity index (χ4v) is 3.80. The highest BCUT2D eigenvalue weighted by Crippen LogP contribution is 2.27. The molecular weight excluding hydrogens is 420 g/mol. The summed E-state index contributed by atoms with van der Waals surface area (Å²) in [6.07, 6.45) is 3.43. The lowest BCUT2D eigenvalue weighted by Crippen LogP contribution is -2.31. The lowest BCUT2D eigenvalue weighted by molar-refractivity contribution is 0.0951. The van der Waals surface area contributed by atoms with Gasteiger partial charge in [-0.2, -0.15) is 5.10 Å². The van der Waals surface area contributed by atoms with E-state index in [4.69, 9.17) is 9.47 Å². The number of hydrogen-bond acceptors (Lipinski definition) is 5. The number of ether oxygens (including phenoxy) is 2. The van der Waals surface area contributed by atoms with Crippen LogP contribution in [-0.4, -0.2) is 40.9 Å². The van der Waals surface area contributed by atoms with E-state index in [2.05, 4.69) is 16.5 Å². The van der Waals surface area contributed by atoms with Crippen molar-refractivity contribution in [2.75, 3.05) is 20.8 Å². The first-order chi connectivity index (χ1) is 15.9. The summed E-state index contributed by atoms with van der Waals surface area (Å²) >= 11 is 0. The second-order valence-corrected chi connectivity index (χ2v) is 7.80. The molecule has 0 radical (unpaired) electrons. The molecule has 2 aromatic heterocycles. The Morgan fingerprint density at radius 3 is 2.52 bits per heavy atom. The summed E-state index contributed by atoms with van der Waals surface area (Å²) < 4.78 is 13.6. The molecule has 0 fully saturated rings. The molecule has 0 aliphatic heterocycles. The van der Waals surface area contributed by atoms with Gasteiger partial charge in [-0.1, -0.05) is 23.8 Å². The maximum atomic E-state index is 13.0. The second-order valence-electron chi connectivity index (χ2n) is 7.80. The van der Waals surface area contributed by atoms with Gasteiger partial charge in [-0.15, -0.1) is 0 Å². The molecule has 1 amide bonds. The third-order valence-corrected chi connectivity index (χ3v) is 5.55. The number of hydrogen-bond donors (Lipinski definition) is 1. The van der Waals surface area contributed by atoms with E-state index in [0.29, 0.717) is 35.7 Å². The molecule has 8 heteroatoms. The van der Waals surface area contributed by atoms with Crippen molar-refractivity contribution in [1.82, 2.24) is 19.5 Å². The largest absolute Gasteiger partial charge is 0.493 e. The van der Waals surface area contributed by atoms with E-state index in [1.54, 1.807) is 45.7 Å². The van der Waals surface area contributed by atoms with Crippen molar-refractivity contribution >= 4 is 11.4 Å². The molecule has 8 nitrogen and oxygen atoms in total. The number of benzene rings is 2. The van der Waals surface area contributed by atoms with Crippen LogP contribution in [-0.2, 0) is 6.54 Å². The second kappa shape index (κ2) is 9.20. The number of aromatic nitrogens is 3. The molecule has 170 valence electrons. The van der Waals surface area contributed by atoms with Gasteiger partial charge in [0.2, 0.25) is 0 Å². The molecule has 4 aromatic rings. The minimum absolute atomic E-state index is 0.165. The average molecular weight is 447 g/mol. The zero-order valence-corrected chi connectivity index (χ0v) is 19.1. The third kappa shape index (κ3) is 4.45. The van der Waals surface area contributed by atoms with Crippen LogP contribution in [0.2, 0.25) is 0 Å². The van der Waals surface area contributed by atoms with E-state index < -0.39 is 0 Å². The van der Waals surface area contributed by atoms with Gasteiger partial charge in [-0.25, -0.2) is 4.52 Å². The molecule has 0 bridgehead atoms. The fourth-order valence-electron chi connectivity index (χ4n) is 3.80. The van der Waals surface area contributed by atoms with Crippen molar-refractivity contribution in [1.29, 1.82) is 0 Å². The summed E-state index contributed by atoms with van der Waals surface area (Å²) in [5.74, 6) is 0.772. The predicted molar refractivity (Wildman–Crippen MR) is 126 cm³/mol. The van der Waals surface area contributed by atoms with Gasteiger partial charge < -0.3 is 19.4 Å². The highest BCUT2D eigenvalue weighted by atomic mass is 16.5. The van der Waals surface area contributed by atoms with Gasteiger partial charge in [0.15, 0.2) is 11.5 Å². The van der Waals surface area contributed by atoms with Crippen LogP contribution in [0.3, 0.4) is 0 Å². The van der Waals surface area contributed by atoms with Crippen LogP contribution in [0.1, 0.15) is 21.5 Å². The monoisotopic (exact) mass is 446 g/mol. The van der Waals surface area contributed by atoms with Crippen LogP contribution >= 0.6 is 0 Å². The Morgan fingerprint density at radius 1 is 1.00 bits per heavy atom. The van der Waals surface area contributed by atoms with Crippen LogP contribution in [0.15, 0.2) is 59.7 Å².